The number of aliphatic carboxylic acids is 2. The molecule has 1 unspecified atom stereocenters. The average molecular weight is 286 g/mol. The van der Waals surface area contributed by atoms with Gasteiger partial charge in [-0.2, -0.15) is 0 Å². The average Bonchev–Trinajstić information content (AvgIpc) is 2.46. The Balaban J connectivity index is 2.30. The molecule has 2 aromatic rings. The summed E-state index contributed by atoms with van der Waals surface area (Å²) in [6.07, 6.45) is -1.40. The molecule has 5 heteroatoms. The van der Waals surface area contributed by atoms with Crippen LogP contribution in [0.1, 0.15) is 17.2 Å². The minimum atomic E-state index is -1.18. The molecule has 2 N–H and O–H groups in total. The number of hydrogen-bond acceptors (Lipinski definition) is 3. The maximum absolute atomic E-state index is 11.4. The second-order valence-corrected chi connectivity index (χ2v) is 4.43. The van der Waals surface area contributed by atoms with E-state index in [9.17, 15) is 14.7 Å². The largest absolute Gasteiger partial charge is 0.481 e. The van der Waals surface area contributed by atoms with E-state index in [1.165, 1.54) is 0 Å². The first kappa shape index (κ1) is 14.6. The van der Waals surface area contributed by atoms with Crippen molar-refractivity contribution >= 4 is 11.9 Å². The van der Waals surface area contributed by atoms with Gasteiger partial charge in [0, 0.05) is 11.1 Å². The van der Waals surface area contributed by atoms with Gasteiger partial charge >= 0.3 is 11.9 Å². The highest BCUT2D eigenvalue weighted by Gasteiger charge is 2.23. The zero-order chi connectivity index (χ0) is 15.2. The van der Waals surface area contributed by atoms with Crippen molar-refractivity contribution in [2.24, 2.45) is 0 Å². The van der Waals surface area contributed by atoms with E-state index >= 15 is 0 Å². The van der Waals surface area contributed by atoms with Gasteiger partial charge < -0.3 is 14.9 Å². The lowest BCUT2D eigenvalue weighted by molar-refractivity contribution is -0.145. The minimum absolute atomic E-state index is 0.225. The van der Waals surface area contributed by atoms with Crippen LogP contribution in [-0.2, 0) is 16.0 Å². The number of carboxylic acid groups (broad SMARTS) is 2. The molecule has 0 saturated carbocycles. The number of benzene rings is 2. The molecule has 0 aromatic heterocycles. The van der Waals surface area contributed by atoms with Crippen molar-refractivity contribution in [3.8, 4) is 5.75 Å². The van der Waals surface area contributed by atoms with E-state index in [-0.39, 0.29) is 12.2 Å². The number of rotatable bonds is 6. The molecule has 1 atom stereocenters. The van der Waals surface area contributed by atoms with E-state index in [2.05, 4.69) is 0 Å². The Morgan fingerprint density at radius 1 is 0.952 bits per heavy atom. The second-order valence-electron chi connectivity index (χ2n) is 4.43. The van der Waals surface area contributed by atoms with Gasteiger partial charge in [0.1, 0.15) is 5.75 Å². The van der Waals surface area contributed by atoms with Gasteiger partial charge in [-0.05, 0) is 6.07 Å². The van der Waals surface area contributed by atoms with Gasteiger partial charge in [-0.25, -0.2) is 4.79 Å². The van der Waals surface area contributed by atoms with Crippen LogP contribution in [0.25, 0.3) is 0 Å². The molecular formula is C16H14O5. The van der Waals surface area contributed by atoms with E-state index in [1.807, 2.05) is 0 Å². The fourth-order valence-corrected chi connectivity index (χ4v) is 1.94. The van der Waals surface area contributed by atoms with Crippen LogP contribution >= 0.6 is 0 Å². The molecule has 0 aliphatic heterocycles. The van der Waals surface area contributed by atoms with Crippen molar-refractivity contribution in [2.45, 2.75) is 12.5 Å². The molecule has 2 aromatic carbocycles. The SMILES string of the molecule is O=C(O)Cc1ccccc1OC(C(=O)O)c1ccccc1. The third kappa shape index (κ3) is 3.82. The molecule has 0 fully saturated rings. The fourth-order valence-electron chi connectivity index (χ4n) is 1.94. The fraction of sp³-hybridized carbons (Fsp3) is 0.125. The van der Waals surface area contributed by atoms with Gasteiger partial charge in [-0.3, -0.25) is 4.79 Å². The van der Waals surface area contributed by atoms with Gasteiger partial charge in [0.25, 0.3) is 0 Å². The molecule has 0 spiro atoms. The van der Waals surface area contributed by atoms with Crippen molar-refractivity contribution in [1.29, 1.82) is 0 Å². The van der Waals surface area contributed by atoms with Crippen molar-refractivity contribution in [1.82, 2.24) is 0 Å². The Kier molecular flexibility index (Phi) is 4.56. The quantitative estimate of drug-likeness (QED) is 0.852. The maximum Gasteiger partial charge on any atom is 0.349 e. The van der Waals surface area contributed by atoms with E-state index in [0.717, 1.165) is 0 Å². The summed E-state index contributed by atoms with van der Waals surface area (Å²) in [7, 11) is 0. The van der Waals surface area contributed by atoms with Gasteiger partial charge in [-0.15, -0.1) is 0 Å². The van der Waals surface area contributed by atoms with Crippen LogP contribution in [0.15, 0.2) is 54.6 Å². The lowest BCUT2D eigenvalue weighted by atomic mass is 10.1. The predicted octanol–water partition coefficient (Wildman–Crippen LogP) is 2.52. The highest BCUT2D eigenvalue weighted by molar-refractivity contribution is 5.75. The predicted molar refractivity (Wildman–Crippen MR) is 75.2 cm³/mol. The Morgan fingerprint density at radius 2 is 1.57 bits per heavy atom. The van der Waals surface area contributed by atoms with E-state index in [0.29, 0.717) is 11.1 Å². The molecule has 2 rings (SSSR count). The normalized spacial score (nSPS) is 11.6. The van der Waals surface area contributed by atoms with Crippen molar-refractivity contribution < 1.29 is 24.5 Å². The molecule has 0 radical (unpaired) electrons. The van der Waals surface area contributed by atoms with Gasteiger partial charge in [0.15, 0.2) is 0 Å². The zero-order valence-corrected chi connectivity index (χ0v) is 11.1. The molecule has 0 aliphatic carbocycles. The first-order chi connectivity index (χ1) is 10.1. The van der Waals surface area contributed by atoms with Gasteiger partial charge in [0.05, 0.1) is 6.42 Å². The maximum atomic E-state index is 11.4. The molecule has 5 nitrogen and oxygen atoms in total. The molecular weight excluding hydrogens is 272 g/mol. The topological polar surface area (TPSA) is 83.8 Å². The van der Waals surface area contributed by atoms with Crippen LogP contribution < -0.4 is 4.74 Å². The summed E-state index contributed by atoms with van der Waals surface area (Å²) in [4.78, 5) is 22.2. The highest BCUT2D eigenvalue weighted by atomic mass is 16.5. The molecule has 0 heterocycles. The van der Waals surface area contributed by atoms with E-state index in [4.69, 9.17) is 9.84 Å². The Bertz CT molecular complexity index is 636. The molecule has 0 bridgehead atoms. The molecule has 21 heavy (non-hydrogen) atoms. The van der Waals surface area contributed by atoms with Gasteiger partial charge in [0.2, 0.25) is 6.10 Å². The second kappa shape index (κ2) is 6.56. The number of carboxylic acids is 2. The Morgan fingerprint density at radius 3 is 2.19 bits per heavy atom. The van der Waals surface area contributed by atoms with Gasteiger partial charge in [-0.1, -0.05) is 48.5 Å². The summed E-state index contributed by atoms with van der Waals surface area (Å²) < 4.78 is 5.53. The summed E-state index contributed by atoms with van der Waals surface area (Å²) in [5.74, 6) is -1.87. The van der Waals surface area contributed by atoms with Crippen LogP contribution in [0.4, 0.5) is 0 Å². The summed E-state index contributed by atoms with van der Waals surface area (Å²) in [6, 6.07) is 15.0. The van der Waals surface area contributed by atoms with Crippen LogP contribution in [0, 0.1) is 0 Å². The molecule has 0 aliphatic rings. The monoisotopic (exact) mass is 286 g/mol. The number of para-hydroxylation sites is 1. The van der Waals surface area contributed by atoms with Crippen LogP contribution in [0.3, 0.4) is 0 Å². The minimum Gasteiger partial charge on any atom is -0.481 e. The van der Waals surface area contributed by atoms with E-state index in [1.54, 1.807) is 54.6 Å². The van der Waals surface area contributed by atoms with Crippen LogP contribution in [-0.4, -0.2) is 22.2 Å². The summed E-state index contributed by atoms with van der Waals surface area (Å²) >= 11 is 0. The van der Waals surface area contributed by atoms with Crippen LogP contribution in [0.5, 0.6) is 5.75 Å². The van der Waals surface area contributed by atoms with Crippen LogP contribution in [0.2, 0.25) is 0 Å². The molecule has 0 saturated heterocycles. The summed E-state index contributed by atoms with van der Waals surface area (Å²) in [5, 5.41) is 18.2. The van der Waals surface area contributed by atoms with Crippen molar-refractivity contribution in [3.63, 3.8) is 0 Å². The zero-order valence-electron chi connectivity index (χ0n) is 11.1. The summed E-state index contributed by atoms with van der Waals surface area (Å²) in [5.41, 5.74) is 0.933. The smallest absolute Gasteiger partial charge is 0.349 e. The third-order valence-corrected chi connectivity index (χ3v) is 2.89. The third-order valence-electron chi connectivity index (χ3n) is 2.89. The number of ether oxygens (including phenoxy) is 1. The lowest BCUT2D eigenvalue weighted by Crippen LogP contribution is -2.19. The first-order valence-corrected chi connectivity index (χ1v) is 6.32. The van der Waals surface area contributed by atoms with E-state index < -0.39 is 18.0 Å². The molecule has 0 amide bonds. The lowest BCUT2D eigenvalue weighted by Gasteiger charge is -2.17. The Hall–Kier alpha value is -2.82. The van der Waals surface area contributed by atoms with Crippen molar-refractivity contribution in [2.75, 3.05) is 0 Å². The number of hydrogen-bond donors (Lipinski definition) is 2. The number of carbonyl (C=O) groups is 2. The molecule has 108 valence electrons. The standard InChI is InChI=1S/C16H14O5/c17-14(18)10-12-8-4-5-9-13(12)21-15(16(19)20)11-6-2-1-3-7-11/h1-9,15H,10H2,(H,17,18)(H,19,20). The highest BCUT2D eigenvalue weighted by Crippen LogP contribution is 2.26. The Labute approximate surface area is 121 Å². The summed E-state index contributed by atoms with van der Waals surface area (Å²) in [6.45, 7) is 0. The van der Waals surface area contributed by atoms with Crippen molar-refractivity contribution in [3.05, 3.63) is 65.7 Å². The first-order valence-electron chi connectivity index (χ1n) is 6.32.